The van der Waals surface area contributed by atoms with E-state index in [9.17, 15) is 24.3 Å². The number of carboxylic acid groups (broad SMARTS) is 1. The second kappa shape index (κ2) is 11.1. The van der Waals surface area contributed by atoms with Crippen molar-refractivity contribution in [1.29, 1.82) is 0 Å². The normalized spacial score (nSPS) is 14.0. The number of carbonyl (C=O) groups excluding carboxylic acids is 3. The summed E-state index contributed by atoms with van der Waals surface area (Å²) in [6.45, 7) is -0.232. The van der Waals surface area contributed by atoms with Gasteiger partial charge >= 0.3 is 18.0 Å². The first-order chi connectivity index (χ1) is 18.2. The Morgan fingerprint density at radius 2 is 1.92 bits per heavy atom. The van der Waals surface area contributed by atoms with Crippen LogP contribution in [0.1, 0.15) is 37.8 Å². The molecule has 0 radical (unpaired) electrons. The lowest BCUT2D eigenvalue weighted by Crippen LogP contribution is -2.30. The summed E-state index contributed by atoms with van der Waals surface area (Å²) in [4.78, 5) is 49.4. The molecule has 11 nitrogen and oxygen atoms in total. The van der Waals surface area contributed by atoms with Gasteiger partial charge in [-0.2, -0.15) is 0 Å². The van der Waals surface area contributed by atoms with Crippen molar-refractivity contribution in [3.8, 4) is 11.5 Å². The Labute approximate surface area is 221 Å². The van der Waals surface area contributed by atoms with Crippen molar-refractivity contribution in [2.75, 3.05) is 14.2 Å². The summed E-state index contributed by atoms with van der Waals surface area (Å²) in [7, 11) is 2.62. The van der Waals surface area contributed by atoms with E-state index in [1.165, 1.54) is 56.7 Å². The molecule has 0 bridgehead atoms. The third-order valence-electron chi connectivity index (χ3n) is 5.45. The fraction of sp³-hybridized carbons (Fsp3) is 0.154. The van der Waals surface area contributed by atoms with Crippen molar-refractivity contribution in [3.05, 3.63) is 87.5 Å². The summed E-state index contributed by atoms with van der Waals surface area (Å²) >= 11 is 6.24. The highest BCUT2D eigenvalue weighted by molar-refractivity contribution is 6.31. The SMILES string of the molecule is COC(=O)c1ccc(CN2C(=O)N/C(=C\c3cc(Cl)cc(OC)c3OCc3cccc(C(=O)O)c3)C2=O)o1. The molecule has 1 aliphatic heterocycles. The van der Waals surface area contributed by atoms with E-state index in [4.69, 9.17) is 25.5 Å². The van der Waals surface area contributed by atoms with Gasteiger partial charge in [-0.05, 0) is 42.0 Å². The highest BCUT2D eigenvalue weighted by Gasteiger charge is 2.35. The standard InChI is InChI=1S/C26H21ClN2O9/c1-35-21-11-17(27)9-16(22(21)37-13-14-4-3-5-15(8-14)24(31)32)10-19-23(30)29(26(34)28-19)12-18-6-7-20(38-18)25(33)36-2/h3-11H,12-13H2,1-2H3,(H,28,34)(H,31,32)/b19-10-. The number of furan rings is 1. The van der Waals surface area contributed by atoms with Gasteiger partial charge in [0.25, 0.3) is 5.91 Å². The van der Waals surface area contributed by atoms with Gasteiger partial charge in [0.2, 0.25) is 5.76 Å². The van der Waals surface area contributed by atoms with Crippen LogP contribution in [0.25, 0.3) is 6.08 Å². The molecular weight excluding hydrogens is 520 g/mol. The Kier molecular flexibility index (Phi) is 7.68. The van der Waals surface area contributed by atoms with Gasteiger partial charge in [0.1, 0.15) is 18.1 Å². The Balaban J connectivity index is 1.59. The maximum absolute atomic E-state index is 13.0. The lowest BCUT2D eigenvalue weighted by Gasteiger charge is -2.15. The summed E-state index contributed by atoms with van der Waals surface area (Å²) in [5.41, 5.74) is 0.963. The third-order valence-corrected chi connectivity index (χ3v) is 5.67. The molecule has 1 fully saturated rings. The average molecular weight is 541 g/mol. The Hall–Kier alpha value is -4.77. The zero-order valence-corrected chi connectivity index (χ0v) is 20.9. The van der Waals surface area contributed by atoms with Gasteiger partial charge in [-0.1, -0.05) is 23.7 Å². The largest absolute Gasteiger partial charge is 0.493 e. The van der Waals surface area contributed by atoms with Gasteiger partial charge < -0.3 is 29.1 Å². The third kappa shape index (κ3) is 5.62. The van der Waals surface area contributed by atoms with E-state index in [0.717, 1.165) is 4.90 Å². The summed E-state index contributed by atoms with van der Waals surface area (Å²) in [6.07, 6.45) is 1.39. The second-order valence-corrected chi connectivity index (χ2v) is 8.39. The van der Waals surface area contributed by atoms with E-state index in [-0.39, 0.29) is 52.5 Å². The van der Waals surface area contributed by atoms with E-state index in [2.05, 4.69) is 10.1 Å². The first-order valence-corrected chi connectivity index (χ1v) is 11.4. The van der Waals surface area contributed by atoms with E-state index < -0.39 is 23.9 Å². The topological polar surface area (TPSA) is 145 Å². The maximum atomic E-state index is 13.0. The number of rotatable bonds is 9. The molecule has 0 saturated carbocycles. The summed E-state index contributed by atoms with van der Waals surface area (Å²) in [5.74, 6) is -1.79. The number of hydrogen-bond acceptors (Lipinski definition) is 8. The number of ether oxygens (including phenoxy) is 3. The zero-order valence-electron chi connectivity index (χ0n) is 20.1. The molecule has 2 N–H and O–H groups in total. The second-order valence-electron chi connectivity index (χ2n) is 7.96. The molecule has 196 valence electrons. The van der Waals surface area contributed by atoms with Crippen molar-refractivity contribution in [3.63, 3.8) is 0 Å². The number of methoxy groups -OCH3 is 2. The van der Waals surface area contributed by atoms with Crippen molar-refractivity contribution >= 4 is 41.6 Å². The number of nitrogens with zero attached hydrogens (tertiary/aromatic N) is 1. The molecule has 0 atom stereocenters. The van der Waals surface area contributed by atoms with Crippen LogP contribution in [0.3, 0.4) is 0 Å². The molecular formula is C26H21ClN2O9. The maximum Gasteiger partial charge on any atom is 0.373 e. The predicted octanol–water partition coefficient (Wildman–Crippen LogP) is 4.10. The number of halogens is 1. The molecule has 12 heteroatoms. The van der Waals surface area contributed by atoms with E-state index in [0.29, 0.717) is 11.1 Å². The number of esters is 1. The van der Waals surface area contributed by atoms with E-state index in [1.54, 1.807) is 12.1 Å². The van der Waals surface area contributed by atoms with E-state index >= 15 is 0 Å². The number of urea groups is 1. The predicted molar refractivity (Wildman–Crippen MR) is 133 cm³/mol. The molecule has 0 aliphatic carbocycles. The monoisotopic (exact) mass is 540 g/mol. The quantitative estimate of drug-likeness (QED) is 0.233. The molecule has 1 aliphatic rings. The fourth-order valence-electron chi connectivity index (χ4n) is 3.65. The van der Waals surface area contributed by atoms with Crippen LogP contribution in [0.5, 0.6) is 11.5 Å². The van der Waals surface area contributed by atoms with Crippen LogP contribution in [0.2, 0.25) is 5.02 Å². The Morgan fingerprint density at radius 1 is 1.13 bits per heavy atom. The van der Waals surface area contributed by atoms with Gasteiger partial charge in [-0.15, -0.1) is 0 Å². The van der Waals surface area contributed by atoms with Gasteiger partial charge in [0.15, 0.2) is 11.5 Å². The number of imide groups is 1. The number of benzene rings is 2. The minimum Gasteiger partial charge on any atom is -0.493 e. The molecule has 0 unspecified atom stereocenters. The molecule has 0 spiro atoms. The van der Waals surface area contributed by atoms with Crippen LogP contribution in [-0.4, -0.2) is 48.1 Å². The number of nitrogens with one attached hydrogen (secondary N) is 1. The van der Waals surface area contributed by atoms with Crippen molar-refractivity contribution in [1.82, 2.24) is 10.2 Å². The molecule has 2 aromatic carbocycles. The van der Waals surface area contributed by atoms with Crippen molar-refractivity contribution < 1.29 is 42.9 Å². The summed E-state index contributed by atoms with van der Waals surface area (Å²) in [6, 6.07) is 11.4. The van der Waals surface area contributed by atoms with Crippen LogP contribution in [0, 0.1) is 0 Å². The van der Waals surface area contributed by atoms with Crippen molar-refractivity contribution in [2.45, 2.75) is 13.2 Å². The minimum atomic E-state index is -1.07. The van der Waals surface area contributed by atoms with Crippen LogP contribution in [0.4, 0.5) is 4.79 Å². The van der Waals surface area contributed by atoms with Gasteiger partial charge in [0, 0.05) is 16.7 Å². The van der Waals surface area contributed by atoms with Gasteiger partial charge in [-0.3, -0.25) is 9.69 Å². The fourth-order valence-corrected chi connectivity index (χ4v) is 3.87. The van der Waals surface area contributed by atoms with Gasteiger partial charge in [0.05, 0.1) is 26.3 Å². The summed E-state index contributed by atoms with van der Waals surface area (Å²) in [5, 5.41) is 12.0. The highest BCUT2D eigenvalue weighted by Crippen LogP contribution is 2.37. The Morgan fingerprint density at radius 3 is 2.63 bits per heavy atom. The highest BCUT2D eigenvalue weighted by atomic mass is 35.5. The number of hydrogen-bond donors (Lipinski definition) is 2. The van der Waals surface area contributed by atoms with Crippen LogP contribution < -0.4 is 14.8 Å². The number of carboxylic acids is 1. The first kappa shape index (κ1) is 26.3. The Bertz CT molecular complexity index is 1460. The smallest absolute Gasteiger partial charge is 0.373 e. The van der Waals surface area contributed by atoms with Crippen LogP contribution >= 0.6 is 11.6 Å². The molecule has 1 saturated heterocycles. The first-order valence-electron chi connectivity index (χ1n) is 11.0. The van der Waals surface area contributed by atoms with Crippen molar-refractivity contribution in [2.24, 2.45) is 0 Å². The lowest BCUT2D eigenvalue weighted by atomic mass is 10.1. The number of aromatic carboxylic acids is 1. The molecule has 1 aromatic heterocycles. The number of amides is 3. The van der Waals surface area contributed by atoms with Crippen LogP contribution in [-0.2, 0) is 22.7 Å². The van der Waals surface area contributed by atoms with Crippen LogP contribution in [0.15, 0.2) is 58.6 Å². The lowest BCUT2D eigenvalue weighted by molar-refractivity contribution is -0.123. The average Bonchev–Trinajstić information content (AvgIpc) is 3.47. The minimum absolute atomic E-state index is 0.0112. The van der Waals surface area contributed by atoms with E-state index in [1.807, 2.05) is 0 Å². The molecule has 3 aromatic rings. The molecule has 38 heavy (non-hydrogen) atoms. The number of carbonyl (C=O) groups is 4. The summed E-state index contributed by atoms with van der Waals surface area (Å²) < 4.78 is 21.3. The zero-order chi connectivity index (χ0) is 27.4. The van der Waals surface area contributed by atoms with Gasteiger partial charge in [-0.25, -0.2) is 14.4 Å². The molecule has 3 amide bonds. The molecule has 4 rings (SSSR count). The molecule has 2 heterocycles.